The maximum absolute atomic E-state index is 9.57. The molecule has 1 fully saturated rings. The lowest BCUT2D eigenvalue weighted by Gasteiger charge is -2.48. The Hall–Kier alpha value is -0.900. The van der Waals surface area contributed by atoms with E-state index in [4.69, 9.17) is 4.84 Å². The fraction of sp³-hybridized carbons (Fsp3) is 0.538. The van der Waals surface area contributed by atoms with E-state index in [1.165, 1.54) is 0 Å². The number of benzene rings is 1. The SMILES string of the molecule is CC1(C)C(O)CC1NOCc1ccccc1. The smallest absolute Gasteiger partial charge is 0.0933 e. The molecule has 16 heavy (non-hydrogen) atoms. The van der Waals surface area contributed by atoms with Crippen LogP contribution in [0.2, 0.25) is 0 Å². The summed E-state index contributed by atoms with van der Waals surface area (Å²) in [6.07, 6.45) is 0.548. The first-order valence-electron chi connectivity index (χ1n) is 5.70. The molecule has 0 heterocycles. The summed E-state index contributed by atoms with van der Waals surface area (Å²) < 4.78 is 0. The van der Waals surface area contributed by atoms with Gasteiger partial charge in [0.1, 0.15) is 0 Å². The number of hydroxylamine groups is 1. The van der Waals surface area contributed by atoms with Crippen LogP contribution in [-0.4, -0.2) is 17.3 Å². The van der Waals surface area contributed by atoms with Gasteiger partial charge in [-0.2, -0.15) is 5.48 Å². The Kier molecular flexibility index (Phi) is 3.28. The van der Waals surface area contributed by atoms with E-state index < -0.39 is 0 Å². The van der Waals surface area contributed by atoms with Crippen molar-refractivity contribution < 1.29 is 9.94 Å². The van der Waals surface area contributed by atoms with Gasteiger partial charge in [0.15, 0.2) is 0 Å². The summed E-state index contributed by atoms with van der Waals surface area (Å²) in [6.45, 7) is 4.65. The molecule has 0 saturated heterocycles. The third-order valence-electron chi connectivity index (χ3n) is 3.52. The van der Waals surface area contributed by atoms with Gasteiger partial charge in [0.2, 0.25) is 0 Å². The lowest BCUT2D eigenvalue weighted by molar-refractivity contribution is -0.134. The summed E-state index contributed by atoms with van der Waals surface area (Å²) in [6, 6.07) is 10.3. The van der Waals surface area contributed by atoms with E-state index in [-0.39, 0.29) is 17.6 Å². The second-order valence-electron chi connectivity index (χ2n) is 5.02. The molecule has 0 aromatic heterocycles. The van der Waals surface area contributed by atoms with Crippen LogP contribution in [0.15, 0.2) is 30.3 Å². The third-order valence-corrected chi connectivity index (χ3v) is 3.52. The number of aliphatic hydroxyl groups is 1. The number of hydrogen-bond donors (Lipinski definition) is 2. The van der Waals surface area contributed by atoms with Crippen LogP contribution < -0.4 is 5.48 Å². The highest BCUT2D eigenvalue weighted by atomic mass is 16.6. The van der Waals surface area contributed by atoms with Crippen molar-refractivity contribution in [2.24, 2.45) is 5.41 Å². The quantitative estimate of drug-likeness (QED) is 0.763. The largest absolute Gasteiger partial charge is 0.392 e. The Morgan fingerprint density at radius 1 is 1.38 bits per heavy atom. The first-order chi connectivity index (χ1) is 7.60. The Bertz CT molecular complexity index is 337. The lowest BCUT2D eigenvalue weighted by Crippen LogP contribution is -2.59. The molecule has 2 N–H and O–H groups in total. The minimum atomic E-state index is -0.217. The maximum atomic E-state index is 9.57. The number of rotatable bonds is 4. The van der Waals surface area contributed by atoms with Gasteiger partial charge in [0, 0.05) is 11.5 Å². The van der Waals surface area contributed by atoms with Crippen LogP contribution in [0.4, 0.5) is 0 Å². The molecule has 1 aliphatic carbocycles. The second kappa shape index (κ2) is 4.53. The van der Waals surface area contributed by atoms with E-state index in [9.17, 15) is 5.11 Å². The van der Waals surface area contributed by atoms with Crippen molar-refractivity contribution >= 4 is 0 Å². The molecule has 1 saturated carbocycles. The van der Waals surface area contributed by atoms with Crippen molar-refractivity contribution in [3.63, 3.8) is 0 Å². The van der Waals surface area contributed by atoms with Gasteiger partial charge < -0.3 is 5.11 Å². The predicted octanol–water partition coefficient (Wildman–Crippen LogP) is 1.87. The molecular weight excluding hydrogens is 202 g/mol. The highest BCUT2D eigenvalue weighted by molar-refractivity contribution is 5.13. The zero-order chi connectivity index (χ0) is 11.6. The van der Waals surface area contributed by atoms with Crippen molar-refractivity contribution in [3.05, 3.63) is 35.9 Å². The topological polar surface area (TPSA) is 41.5 Å². The summed E-state index contributed by atoms with van der Waals surface area (Å²) >= 11 is 0. The zero-order valence-corrected chi connectivity index (χ0v) is 9.81. The van der Waals surface area contributed by atoms with Crippen LogP contribution in [0.3, 0.4) is 0 Å². The second-order valence-corrected chi connectivity index (χ2v) is 5.02. The first-order valence-corrected chi connectivity index (χ1v) is 5.70. The molecular formula is C13H19NO2. The molecule has 0 spiro atoms. The minimum absolute atomic E-state index is 0.0866. The Morgan fingerprint density at radius 3 is 2.62 bits per heavy atom. The molecule has 2 rings (SSSR count). The molecule has 1 aliphatic rings. The summed E-state index contributed by atoms with van der Waals surface area (Å²) in [5.41, 5.74) is 4.09. The fourth-order valence-corrected chi connectivity index (χ4v) is 1.90. The molecule has 2 atom stereocenters. The van der Waals surface area contributed by atoms with Crippen LogP contribution in [-0.2, 0) is 11.4 Å². The molecule has 2 unspecified atom stereocenters. The van der Waals surface area contributed by atoms with Crippen molar-refractivity contribution in [3.8, 4) is 0 Å². The molecule has 1 aromatic carbocycles. The summed E-state index contributed by atoms with van der Waals surface area (Å²) in [5, 5.41) is 9.57. The normalized spacial score (nSPS) is 27.4. The van der Waals surface area contributed by atoms with Gasteiger partial charge in [0.25, 0.3) is 0 Å². The Morgan fingerprint density at radius 2 is 2.06 bits per heavy atom. The Balaban J connectivity index is 1.74. The highest BCUT2D eigenvalue weighted by Gasteiger charge is 2.47. The van der Waals surface area contributed by atoms with Crippen LogP contribution >= 0.6 is 0 Å². The molecule has 0 bridgehead atoms. The average Bonchev–Trinajstić information content (AvgIpc) is 2.29. The molecule has 0 amide bonds. The van der Waals surface area contributed by atoms with Crippen LogP contribution in [0.5, 0.6) is 0 Å². The van der Waals surface area contributed by atoms with Crippen molar-refractivity contribution in [1.82, 2.24) is 5.48 Å². The standard InChI is InChI=1S/C13H19NO2/c1-13(2)11(8-12(13)15)14-16-9-10-6-4-3-5-7-10/h3-7,11-12,14-15H,8-9H2,1-2H3. The monoisotopic (exact) mass is 221 g/mol. The zero-order valence-electron chi connectivity index (χ0n) is 9.81. The van der Waals surface area contributed by atoms with Crippen LogP contribution in [0.1, 0.15) is 25.8 Å². The Labute approximate surface area is 96.4 Å². The number of hydrogen-bond acceptors (Lipinski definition) is 3. The van der Waals surface area contributed by atoms with E-state index in [0.29, 0.717) is 6.61 Å². The molecule has 3 heteroatoms. The van der Waals surface area contributed by atoms with Crippen molar-refractivity contribution in [1.29, 1.82) is 0 Å². The van der Waals surface area contributed by atoms with Gasteiger partial charge in [-0.3, -0.25) is 4.84 Å². The van der Waals surface area contributed by atoms with Gasteiger partial charge in [-0.1, -0.05) is 44.2 Å². The molecule has 1 aromatic rings. The van der Waals surface area contributed by atoms with Gasteiger partial charge in [-0.25, -0.2) is 0 Å². The van der Waals surface area contributed by atoms with E-state index >= 15 is 0 Å². The van der Waals surface area contributed by atoms with Gasteiger partial charge in [-0.05, 0) is 12.0 Å². The maximum Gasteiger partial charge on any atom is 0.0933 e. The fourth-order valence-electron chi connectivity index (χ4n) is 1.90. The average molecular weight is 221 g/mol. The first kappa shape index (κ1) is 11.6. The molecule has 0 aliphatic heterocycles. The third kappa shape index (κ3) is 2.26. The number of nitrogens with one attached hydrogen (secondary N) is 1. The summed E-state index contributed by atoms with van der Waals surface area (Å²) in [5.74, 6) is 0. The van der Waals surface area contributed by atoms with E-state index in [1.807, 2.05) is 44.2 Å². The van der Waals surface area contributed by atoms with Crippen LogP contribution in [0, 0.1) is 5.41 Å². The van der Waals surface area contributed by atoms with E-state index in [2.05, 4.69) is 5.48 Å². The highest BCUT2D eigenvalue weighted by Crippen LogP contribution is 2.40. The van der Waals surface area contributed by atoms with Gasteiger partial charge in [-0.15, -0.1) is 0 Å². The summed E-state index contributed by atoms with van der Waals surface area (Å²) in [7, 11) is 0. The number of aliphatic hydroxyl groups excluding tert-OH is 1. The minimum Gasteiger partial charge on any atom is -0.392 e. The summed E-state index contributed by atoms with van der Waals surface area (Å²) in [4.78, 5) is 5.45. The van der Waals surface area contributed by atoms with Gasteiger partial charge >= 0.3 is 0 Å². The van der Waals surface area contributed by atoms with E-state index in [0.717, 1.165) is 12.0 Å². The van der Waals surface area contributed by atoms with Gasteiger partial charge in [0.05, 0.1) is 12.7 Å². The predicted molar refractivity (Wildman–Crippen MR) is 62.6 cm³/mol. The molecule has 88 valence electrons. The van der Waals surface area contributed by atoms with Crippen molar-refractivity contribution in [2.75, 3.05) is 0 Å². The molecule has 0 radical (unpaired) electrons. The lowest BCUT2D eigenvalue weighted by atomic mass is 9.65. The van der Waals surface area contributed by atoms with Crippen LogP contribution in [0.25, 0.3) is 0 Å². The molecule has 3 nitrogen and oxygen atoms in total. The van der Waals surface area contributed by atoms with Crippen molar-refractivity contribution in [2.45, 2.75) is 39.0 Å². The van der Waals surface area contributed by atoms with E-state index in [1.54, 1.807) is 0 Å².